The SMILES string of the molecule is CC#CC1CCN(CC2CCN(C)CC2)CC1. The highest BCUT2D eigenvalue weighted by Crippen LogP contribution is 2.21. The Morgan fingerprint density at radius 3 is 2.24 bits per heavy atom. The molecule has 2 saturated heterocycles. The third kappa shape index (κ3) is 4.01. The molecule has 96 valence electrons. The molecule has 0 aliphatic carbocycles. The molecule has 0 aromatic rings. The van der Waals surface area contributed by atoms with Gasteiger partial charge in [0, 0.05) is 12.5 Å². The summed E-state index contributed by atoms with van der Waals surface area (Å²) in [5.41, 5.74) is 0. The monoisotopic (exact) mass is 234 g/mol. The fraction of sp³-hybridized carbons (Fsp3) is 0.867. The van der Waals surface area contributed by atoms with Crippen molar-refractivity contribution in [1.82, 2.24) is 9.80 Å². The summed E-state index contributed by atoms with van der Waals surface area (Å²) >= 11 is 0. The first-order valence-corrected chi connectivity index (χ1v) is 7.11. The minimum Gasteiger partial charge on any atom is -0.306 e. The third-order valence-electron chi connectivity index (χ3n) is 4.29. The molecule has 2 nitrogen and oxygen atoms in total. The van der Waals surface area contributed by atoms with Crippen LogP contribution in [-0.4, -0.2) is 49.6 Å². The summed E-state index contributed by atoms with van der Waals surface area (Å²) in [7, 11) is 2.24. The van der Waals surface area contributed by atoms with Crippen LogP contribution < -0.4 is 0 Å². The summed E-state index contributed by atoms with van der Waals surface area (Å²) in [6, 6.07) is 0. The molecular weight excluding hydrogens is 208 g/mol. The fourth-order valence-corrected chi connectivity index (χ4v) is 3.07. The van der Waals surface area contributed by atoms with E-state index in [0.29, 0.717) is 5.92 Å². The van der Waals surface area contributed by atoms with Crippen LogP contribution in [-0.2, 0) is 0 Å². The predicted octanol–water partition coefficient (Wildman–Crippen LogP) is 2.06. The highest BCUT2D eigenvalue weighted by molar-refractivity contribution is 5.02. The van der Waals surface area contributed by atoms with E-state index in [2.05, 4.69) is 28.7 Å². The second-order valence-electron chi connectivity index (χ2n) is 5.72. The Labute approximate surface area is 106 Å². The van der Waals surface area contributed by atoms with Crippen LogP contribution in [0.4, 0.5) is 0 Å². The molecule has 0 bridgehead atoms. The second kappa shape index (κ2) is 6.42. The molecular formula is C15H26N2. The Morgan fingerprint density at radius 2 is 1.65 bits per heavy atom. The van der Waals surface area contributed by atoms with Crippen molar-refractivity contribution in [2.45, 2.75) is 32.6 Å². The van der Waals surface area contributed by atoms with Gasteiger partial charge in [-0.2, -0.15) is 0 Å². The van der Waals surface area contributed by atoms with E-state index in [4.69, 9.17) is 0 Å². The van der Waals surface area contributed by atoms with Crippen molar-refractivity contribution in [2.24, 2.45) is 11.8 Å². The number of likely N-dealkylation sites (tertiary alicyclic amines) is 2. The Hall–Kier alpha value is -0.520. The lowest BCUT2D eigenvalue weighted by atomic mass is 9.93. The van der Waals surface area contributed by atoms with Crippen molar-refractivity contribution >= 4 is 0 Å². The summed E-state index contributed by atoms with van der Waals surface area (Å²) < 4.78 is 0. The van der Waals surface area contributed by atoms with E-state index in [-0.39, 0.29) is 0 Å². The quantitative estimate of drug-likeness (QED) is 0.675. The van der Waals surface area contributed by atoms with Crippen molar-refractivity contribution in [1.29, 1.82) is 0 Å². The van der Waals surface area contributed by atoms with Gasteiger partial charge < -0.3 is 9.80 Å². The Kier molecular flexibility index (Phi) is 4.88. The van der Waals surface area contributed by atoms with Gasteiger partial charge in [0.2, 0.25) is 0 Å². The maximum absolute atomic E-state index is 3.33. The van der Waals surface area contributed by atoms with Crippen molar-refractivity contribution in [2.75, 3.05) is 39.8 Å². The van der Waals surface area contributed by atoms with E-state index in [9.17, 15) is 0 Å². The first-order valence-electron chi connectivity index (χ1n) is 7.11. The van der Waals surface area contributed by atoms with Gasteiger partial charge in [-0.05, 0) is 71.8 Å². The van der Waals surface area contributed by atoms with Crippen LogP contribution in [0.25, 0.3) is 0 Å². The van der Waals surface area contributed by atoms with Gasteiger partial charge in [0.1, 0.15) is 0 Å². The molecule has 0 aromatic carbocycles. The Balaban J connectivity index is 1.68. The Morgan fingerprint density at radius 1 is 1.00 bits per heavy atom. The van der Waals surface area contributed by atoms with E-state index in [0.717, 1.165) is 5.92 Å². The van der Waals surface area contributed by atoms with Crippen LogP contribution >= 0.6 is 0 Å². The molecule has 2 rings (SSSR count). The largest absolute Gasteiger partial charge is 0.306 e. The molecule has 17 heavy (non-hydrogen) atoms. The van der Waals surface area contributed by atoms with Gasteiger partial charge in [0.15, 0.2) is 0 Å². The standard InChI is InChI=1S/C15H26N2/c1-3-4-14-7-11-17(12-8-14)13-15-5-9-16(2)10-6-15/h14-15H,5-13H2,1-2H3. The minimum atomic E-state index is 0.675. The normalized spacial score (nSPS) is 25.5. The molecule has 2 fully saturated rings. The van der Waals surface area contributed by atoms with E-state index >= 15 is 0 Å². The summed E-state index contributed by atoms with van der Waals surface area (Å²) in [5, 5.41) is 0. The number of rotatable bonds is 2. The van der Waals surface area contributed by atoms with Crippen LogP contribution in [0.2, 0.25) is 0 Å². The van der Waals surface area contributed by atoms with E-state index in [1.165, 1.54) is 58.4 Å². The predicted molar refractivity (Wildman–Crippen MR) is 72.8 cm³/mol. The molecule has 2 heteroatoms. The maximum Gasteiger partial charge on any atom is 0.0227 e. The third-order valence-corrected chi connectivity index (χ3v) is 4.29. The van der Waals surface area contributed by atoms with Crippen molar-refractivity contribution in [3.05, 3.63) is 0 Å². The number of piperidine rings is 2. The van der Waals surface area contributed by atoms with Crippen LogP contribution in [0.15, 0.2) is 0 Å². The van der Waals surface area contributed by atoms with Crippen molar-refractivity contribution < 1.29 is 0 Å². The highest BCUT2D eigenvalue weighted by Gasteiger charge is 2.22. The zero-order valence-corrected chi connectivity index (χ0v) is 11.4. The molecule has 0 amide bonds. The molecule has 0 radical (unpaired) electrons. The van der Waals surface area contributed by atoms with Gasteiger partial charge in [-0.15, -0.1) is 11.8 Å². The molecule has 2 heterocycles. The van der Waals surface area contributed by atoms with Gasteiger partial charge in [-0.1, -0.05) is 0 Å². The van der Waals surface area contributed by atoms with Gasteiger partial charge in [-0.25, -0.2) is 0 Å². The number of nitrogens with zero attached hydrogens (tertiary/aromatic N) is 2. The van der Waals surface area contributed by atoms with Gasteiger partial charge in [-0.3, -0.25) is 0 Å². The lowest BCUT2D eigenvalue weighted by Gasteiger charge is -2.35. The first kappa shape index (κ1) is 12.9. The van der Waals surface area contributed by atoms with Crippen LogP contribution in [0, 0.1) is 23.7 Å². The molecule has 0 N–H and O–H groups in total. The Bertz CT molecular complexity index is 273. The zero-order valence-electron chi connectivity index (χ0n) is 11.4. The second-order valence-corrected chi connectivity index (χ2v) is 5.72. The lowest BCUT2D eigenvalue weighted by Crippen LogP contribution is -2.40. The van der Waals surface area contributed by atoms with Crippen LogP contribution in [0.1, 0.15) is 32.6 Å². The zero-order chi connectivity index (χ0) is 12.1. The maximum atomic E-state index is 3.33. The molecule has 2 aliphatic heterocycles. The molecule has 2 aliphatic rings. The summed E-state index contributed by atoms with van der Waals surface area (Å²) in [6.45, 7) is 8.42. The molecule has 0 saturated carbocycles. The topological polar surface area (TPSA) is 6.48 Å². The van der Waals surface area contributed by atoms with E-state index in [1.807, 2.05) is 6.92 Å². The van der Waals surface area contributed by atoms with Gasteiger partial charge in [0.25, 0.3) is 0 Å². The van der Waals surface area contributed by atoms with Crippen LogP contribution in [0.5, 0.6) is 0 Å². The van der Waals surface area contributed by atoms with Crippen LogP contribution in [0.3, 0.4) is 0 Å². The molecule has 0 unspecified atom stereocenters. The molecule has 0 atom stereocenters. The van der Waals surface area contributed by atoms with Crippen molar-refractivity contribution in [3.63, 3.8) is 0 Å². The average molecular weight is 234 g/mol. The summed E-state index contributed by atoms with van der Waals surface area (Å²) in [4.78, 5) is 5.13. The average Bonchev–Trinajstić information content (AvgIpc) is 2.35. The van der Waals surface area contributed by atoms with E-state index < -0.39 is 0 Å². The van der Waals surface area contributed by atoms with E-state index in [1.54, 1.807) is 0 Å². The molecule has 0 aromatic heterocycles. The summed E-state index contributed by atoms with van der Waals surface area (Å²) in [6.07, 6.45) is 5.36. The number of hydrogen-bond donors (Lipinski definition) is 0. The van der Waals surface area contributed by atoms with Crippen molar-refractivity contribution in [3.8, 4) is 11.8 Å². The highest BCUT2D eigenvalue weighted by atomic mass is 15.1. The van der Waals surface area contributed by atoms with Gasteiger partial charge in [0.05, 0.1) is 0 Å². The van der Waals surface area contributed by atoms with Gasteiger partial charge >= 0.3 is 0 Å². The fourth-order valence-electron chi connectivity index (χ4n) is 3.07. The first-order chi connectivity index (χ1) is 8.28. The lowest BCUT2D eigenvalue weighted by molar-refractivity contribution is 0.136. The molecule has 0 spiro atoms. The minimum absolute atomic E-state index is 0.675. The smallest absolute Gasteiger partial charge is 0.0227 e. The summed E-state index contributed by atoms with van der Waals surface area (Å²) in [5.74, 6) is 8.01. The number of hydrogen-bond acceptors (Lipinski definition) is 2.